The van der Waals surface area contributed by atoms with Crippen molar-refractivity contribution in [2.24, 2.45) is 0 Å². The van der Waals surface area contributed by atoms with Gasteiger partial charge in [-0.05, 0) is 31.4 Å². The van der Waals surface area contributed by atoms with Crippen LogP contribution in [0, 0.1) is 0 Å². The predicted octanol–water partition coefficient (Wildman–Crippen LogP) is 4.13. The lowest BCUT2D eigenvalue weighted by molar-refractivity contribution is 0.0524. The van der Waals surface area contributed by atoms with Gasteiger partial charge in [0.25, 0.3) is 6.43 Å². The first-order valence-electron chi connectivity index (χ1n) is 5.74. The van der Waals surface area contributed by atoms with Crippen molar-refractivity contribution >= 4 is 21.9 Å². The Hall–Kier alpha value is -0.970. The molecule has 1 aromatic rings. The second-order valence-corrected chi connectivity index (χ2v) is 4.48. The maximum atomic E-state index is 12.9. The number of alkyl halides is 3. The number of benzene rings is 1. The van der Waals surface area contributed by atoms with Gasteiger partial charge in [-0.2, -0.15) is 0 Å². The number of ether oxygens (including phenoxy) is 1. The summed E-state index contributed by atoms with van der Waals surface area (Å²) in [6.45, 7) is 1.92. The fraction of sp³-hybridized carbons (Fsp3) is 0.462. The third kappa shape index (κ3) is 3.77. The number of esters is 1. The predicted molar refractivity (Wildman–Crippen MR) is 69.5 cm³/mol. The lowest BCUT2D eigenvalue weighted by Gasteiger charge is -2.13. The molecule has 0 atom stereocenters. The summed E-state index contributed by atoms with van der Waals surface area (Å²) < 4.78 is 30.7. The molecule has 0 aromatic heterocycles. The van der Waals surface area contributed by atoms with Gasteiger partial charge < -0.3 is 4.74 Å². The molecular formula is C13H15BrF2O2. The number of halogens is 3. The van der Waals surface area contributed by atoms with Crippen LogP contribution >= 0.6 is 15.9 Å². The quantitative estimate of drug-likeness (QED) is 0.582. The summed E-state index contributed by atoms with van der Waals surface area (Å²) in [7, 11) is 0. The summed E-state index contributed by atoms with van der Waals surface area (Å²) >= 11 is 3.26. The molecule has 18 heavy (non-hydrogen) atoms. The van der Waals surface area contributed by atoms with E-state index < -0.39 is 12.4 Å². The Morgan fingerprint density at radius 2 is 2.17 bits per heavy atom. The van der Waals surface area contributed by atoms with Crippen molar-refractivity contribution in [1.29, 1.82) is 0 Å². The molecule has 0 unspecified atom stereocenters. The van der Waals surface area contributed by atoms with Gasteiger partial charge in [0.2, 0.25) is 0 Å². The molecule has 1 rings (SSSR count). The SMILES string of the molecule is CCOC(=O)c1cccc(C(F)F)c1CCCBr. The van der Waals surface area contributed by atoms with Crippen molar-refractivity contribution in [3.63, 3.8) is 0 Å². The van der Waals surface area contributed by atoms with Crippen molar-refractivity contribution in [2.75, 3.05) is 11.9 Å². The lowest BCUT2D eigenvalue weighted by Crippen LogP contribution is -2.10. The smallest absolute Gasteiger partial charge is 0.338 e. The minimum absolute atomic E-state index is 0.0819. The molecule has 0 spiro atoms. The molecule has 100 valence electrons. The zero-order valence-electron chi connectivity index (χ0n) is 10.1. The molecule has 0 heterocycles. The number of carbonyl (C=O) groups is 1. The van der Waals surface area contributed by atoms with E-state index in [2.05, 4.69) is 15.9 Å². The van der Waals surface area contributed by atoms with Crippen LogP contribution in [0.1, 0.15) is 41.3 Å². The van der Waals surface area contributed by atoms with Crippen LogP contribution in [0.2, 0.25) is 0 Å². The molecular weight excluding hydrogens is 306 g/mol. The number of hydrogen-bond donors (Lipinski definition) is 0. The Bertz CT molecular complexity index is 408. The third-order valence-electron chi connectivity index (χ3n) is 2.50. The average molecular weight is 321 g/mol. The normalized spacial score (nSPS) is 10.7. The third-order valence-corrected chi connectivity index (χ3v) is 3.06. The van der Waals surface area contributed by atoms with Gasteiger partial charge in [-0.3, -0.25) is 0 Å². The zero-order valence-corrected chi connectivity index (χ0v) is 11.7. The largest absolute Gasteiger partial charge is 0.462 e. The number of hydrogen-bond acceptors (Lipinski definition) is 2. The maximum Gasteiger partial charge on any atom is 0.338 e. The molecule has 0 fully saturated rings. The Morgan fingerprint density at radius 3 is 2.72 bits per heavy atom. The van der Waals surface area contributed by atoms with Gasteiger partial charge >= 0.3 is 5.97 Å². The van der Waals surface area contributed by atoms with E-state index in [0.29, 0.717) is 23.7 Å². The number of rotatable bonds is 6. The summed E-state index contributed by atoms with van der Waals surface area (Å²) in [6, 6.07) is 4.36. The van der Waals surface area contributed by atoms with Crippen LogP contribution in [0.5, 0.6) is 0 Å². The van der Waals surface area contributed by atoms with Crippen molar-refractivity contribution in [3.8, 4) is 0 Å². The fourth-order valence-corrected chi connectivity index (χ4v) is 2.01. The molecule has 0 aliphatic rings. The van der Waals surface area contributed by atoms with E-state index in [1.54, 1.807) is 6.92 Å². The van der Waals surface area contributed by atoms with Crippen LogP contribution < -0.4 is 0 Å². The van der Waals surface area contributed by atoms with Crippen LogP contribution in [0.25, 0.3) is 0 Å². The van der Waals surface area contributed by atoms with Crippen LogP contribution in [-0.2, 0) is 11.2 Å². The van der Waals surface area contributed by atoms with Gasteiger partial charge in [0.15, 0.2) is 0 Å². The molecule has 5 heteroatoms. The van der Waals surface area contributed by atoms with Gasteiger partial charge in [0.05, 0.1) is 12.2 Å². The first kappa shape index (κ1) is 15.1. The van der Waals surface area contributed by atoms with Crippen molar-refractivity contribution in [3.05, 3.63) is 34.9 Å². The molecule has 0 N–H and O–H groups in total. The molecule has 0 radical (unpaired) electrons. The number of carbonyl (C=O) groups excluding carboxylic acids is 1. The van der Waals surface area contributed by atoms with E-state index in [-0.39, 0.29) is 17.7 Å². The maximum absolute atomic E-state index is 12.9. The Kier molecular flexibility index (Phi) is 6.25. The van der Waals surface area contributed by atoms with Crippen molar-refractivity contribution in [2.45, 2.75) is 26.2 Å². The van der Waals surface area contributed by atoms with E-state index in [1.807, 2.05) is 0 Å². The molecule has 0 saturated heterocycles. The topological polar surface area (TPSA) is 26.3 Å². The molecule has 0 amide bonds. The van der Waals surface area contributed by atoms with Crippen LogP contribution in [-0.4, -0.2) is 17.9 Å². The molecule has 0 aliphatic carbocycles. The van der Waals surface area contributed by atoms with Crippen LogP contribution in [0.15, 0.2) is 18.2 Å². The Balaban J connectivity index is 3.14. The van der Waals surface area contributed by atoms with Gasteiger partial charge in [0, 0.05) is 10.9 Å². The van der Waals surface area contributed by atoms with Gasteiger partial charge in [-0.15, -0.1) is 0 Å². The van der Waals surface area contributed by atoms with Gasteiger partial charge in [-0.1, -0.05) is 28.1 Å². The summed E-state index contributed by atoms with van der Waals surface area (Å²) in [6.07, 6.45) is -1.46. The minimum atomic E-state index is -2.58. The highest BCUT2D eigenvalue weighted by Gasteiger charge is 2.19. The van der Waals surface area contributed by atoms with E-state index in [1.165, 1.54) is 18.2 Å². The first-order valence-corrected chi connectivity index (χ1v) is 6.87. The highest BCUT2D eigenvalue weighted by Crippen LogP contribution is 2.27. The van der Waals surface area contributed by atoms with Crippen LogP contribution in [0.4, 0.5) is 8.78 Å². The molecule has 1 aromatic carbocycles. The summed E-state index contributed by atoms with van der Waals surface area (Å²) in [5, 5.41) is 0.701. The van der Waals surface area contributed by atoms with E-state index >= 15 is 0 Å². The first-order chi connectivity index (χ1) is 8.61. The van der Waals surface area contributed by atoms with Gasteiger partial charge in [0.1, 0.15) is 0 Å². The molecule has 0 aliphatic heterocycles. The van der Waals surface area contributed by atoms with E-state index in [4.69, 9.17) is 4.74 Å². The molecule has 0 bridgehead atoms. The highest BCUT2D eigenvalue weighted by molar-refractivity contribution is 9.09. The lowest BCUT2D eigenvalue weighted by atomic mass is 9.97. The molecule has 0 saturated carbocycles. The molecule has 2 nitrogen and oxygen atoms in total. The zero-order chi connectivity index (χ0) is 13.5. The average Bonchev–Trinajstić information content (AvgIpc) is 2.36. The minimum Gasteiger partial charge on any atom is -0.462 e. The summed E-state index contributed by atoms with van der Waals surface area (Å²) in [5.74, 6) is -0.537. The Labute approximate surface area is 113 Å². The Morgan fingerprint density at radius 1 is 1.44 bits per heavy atom. The van der Waals surface area contributed by atoms with Crippen molar-refractivity contribution < 1.29 is 18.3 Å². The standard InChI is InChI=1S/C13H15BrF2O2/c1-2-18-13(17)11-6-3-5-10(12(15)16)9(11)7-4-8-14/h3,5-6,12H,2,4,7-8H2,1H3. The van der Waals surface area contributed by atoms with E-state index in [0.717, 1.165) is 0 Å². The highest BCUT2D eigenvalue weighted by atomic mass is 79.9. The van der Waals surface area contributed by atoms with Crippen molar-refractivity contribution in [1.82, 2.24) is 0 Å². The monoisotopic (exact) mass is 320 g/mol. The second-order valence-electron chi connectivity index (χ2n) is 3.69. The van der Waals surface area contributed by atoms with Gasteiger partial charge in [-0.25, -0.2) is 13.6 Å². The fourth-order valence-electron chi connectivity index (χ4n) is 1.73. The summed E-state index contributed by atoms with van der Waals surface area (Å²) in [4.78, 5) is 11.7. The van der Waals surface area contributed by atoms with Crippen LogP contribution in [0.3, 0.4) is 0 Å². The second kappa shape index (κ2) is 7.46. The van der Waals surface area contributed by atoms with E-state index in [9.17, 15) is 13.6 Å². The summed E-state index contributed by atoms with van der Waals surface area (Å²) in [5.41, 5.74) is 0.558.